The molecular weight excluding hydrogens is 214 g/mol. The van der Waals surface area contributed by atoms with Gasteiger partial charge in [0.05, 0.1) is 0 Å². The van der Waals surface area contributed by atoms with Crippen LogP contribution in [0.4, 0.5) is 0 Å². The predicted molar refractivity (Wildman–Crippen MR) is 74.0 cm³/mol. The van der Waals surface area contributed by atoms with E-state index in [0.717, 1.165) is 12.5 Å². The van der Waals surface area contributed by atoms with Crippen molar-refractivity contribution in [2.75, 3.05) is 6.54 Å². The zero-order valence-electron chi connectivity index (χ0n) is 11.0. The minimum absolute atomic E-state index is 0.534. The van der Waals surface area contributed by atoms with Gasteiger partial charge in [-0.15, -0.1) is 11.3 Å². The van der Waals surface area contributed by atoms with E-state index in [1.165, 1.54) is 17.7 Å². The van der Waals surface area contributed by atoms with E-state index in [0.29, 0.717) is 12.0 Å². The van der Waals surface area contributed by atoms with Crippen molar-refractivity contribution < 1.29 is 0 Å². The molecule has 0 bridgehead atoms. The van der Waals surface area contributed by atoms with Gasteiger partial charge in [-0.1, -0.05) is 33.8 Å². The Morgan fingerprint density at radius 3 is 2.50 bits per heavy atom. The topological polar surface area (TPSA) is 12.0 Å². The molecule has 1 N–H and O–H groups in total. The molecule has 1 aromatic heterocycles. The van der Waals surface area contributed by atoms with Gasteiger partial charge < -0.3 is 5.32 Å². The molecule has 0 aliphatic carbocycles. The molecule has 1 atom stereocenters. The van der Waals surface area contributed by atoms with Crippen molar-refractivity contribution in [3.8, 4) is 0 Å². The monoisotopic (exact) mass is 239 g/mol. The third-order valence-corrected chi connectivity index (χ3v) is 3.79. The third kappa shape index (κ3) is 4.67. The van der Waals surface area contributed by atoms with Crippen molar-refractivity contribution in [3.63, 3.8) is 0 Å². The molecule has 92 valence electrons. The molecule has 1 aromatic rings. The Labute approximate surface area is 104 Å². The van der Waals surface area contributed by atoms with E-state index in [-0.39, 0.29) is 0 Å². The second kappa shape index (κ2) is 7.08. The maximum absolute atomic E-state index is 3.69. The van der Waals surface area contributed by atoms with Crippen LogP contribution in [0, 0.1) is 11.8 Å². The van der Waals surface area contributed by atoms with Gasteiger partial charge in [0.2, 0.25) is 0 Å². The van der Waals surface area contributed by atoms with Crippen LogP contribution in [0.1, 0.15) is 51.5 Å². The molecule has 1 nitrogen and oxygen atoms in total. The highest BCUT2D eigenvalue weighted by Gasteiger charge is 2.15. The van der Waals surface area contributed by atoms with Crippen molar-refractivity contribution in [1.82, 2.24) is 5.32 Å². The fourth-order valence-electron chi connectivity index (χ4n) is 1.90. The standard InChI is InChI=1S/C14H25NS/c1-11(2)7-5-9-15-14(12(3)4)13-8-6-10-16-13/h6,8,10-12,14-15H,5,7,9H2,1-4H3. The Morgan fingerprint density at radius 2 is 2.00 bits per heavy atom. The quantitative estimate of drug-likeness (QED) is 0.692. The SMILES string of the molecule is CC(C)CCCNC(c1cccs1)C(C)C. The number of rotatable bonds is 7. The molecule has 16 heavy (non-hydrogen) atoms. The molecule has 1 unspecified atom stereocenters. The van der Waals surface area contributed by atoms with Crippen LogP contribution in [0.15, 0.2) is 17.5 Å². The fraction of sp³-hybridized carbons (Fsp3) is 0.714. The number of hydrogen-bond donors (Lipinski definition) is 1. The molecule has 0 radical (unpaired) electrons. The maximum atomic E-state index is 3.69. The van der Waals surface area contributed by atoms with Gasteiger partial charge in [-0.2, -0.15) is 0 Å². The van der Waals surface area contributed by atoms with Crippen molar-refractivity contribution in [1.29, 1.82) is 0 Å². The van der Waals surface area contributed by atoms with Gasteiger partial charge in [0, 0.05) is 10.9 Å². The summed E-state index contributed by atoms with van der Waals surface area (Å²) in [6, 6.07) is 4.92. The fourth-order valence-corrected chi connectivity index (χ4v) is 2.87. The summed E-state index contributed by atoms with van der Waals surface area (Å²) in [5.74, 6) is 1.48. The van der Waals surface area contributed by atoms with Gasteiger partial charge in [-0.25, -0.2) is 0 Å². The van der Waals surface area contributed by atoms with E-state index in [4.69, 9.17) is 0 Å². The van der Waals surface area contributed by atoms with Crippen molar-refractivity contribution in [2.45, 2.75) is 46.6 Å². The number of hydrogen-bond acceptors (Lipinski definition) is 2. The summed E-state index contributed by atoms with van der Waals surface area (Å²) < 4.78 is 0. The summed E-state index contributed by atoms with van der Waals surface area (Å²) in [4.78, 5) is 1.47. The van der Waals surface area contributed by atoms with E-state index in [9.17, 15) is 0 Å². The average molecular weight is 239 g/mol. The van der Waals surface area contributed by atoms with Gasteiger partial charge in [-0.05, 0) is 42.7 Å². The molecule has 0 saturated heterocycles. The smallest absolute Gasteiger partial charge is 0.0438 e. The molecule has 0 aliphatic heterocycles. The van der Waals surface area contributed by atoms with Crippen LogP contribution in [0.3, 0.4) is 0 Å². The van der Waals surface area contributed by atoms with E-state index >= 15 is 0 Å². The summed E-state index contributed by atoms with van der Waals surface area (Å²) in [5, 5.41) is 5.85. The molecule has 1 heterocycles. The van der Waals surface area contributed by atoms with Crippen molar-refractivity contribution in [2.24, 2.45) is 11.8 Å². The Hall–Kier alpha value is -0.340. The summed E-state index contributed by atoms with van der Waals surface area (Å²) in [7, 11) is 0. The Kier molecular flexibility index (Phi) is 6.07. The molecule has 2 heteroatoms. The first kappa shape index (κ1) is 13.7. The molecule has 0 fully saturated rings. The molecule has 0 saturated carbocycles. The molecule has 0 aliphatic rings. The summed E-state index contributed by atoms with van der Waals surface area (Å²) in [6.45, 7) is 10.3. The second-order valence-electron chi connectivity index (χ2n) is 5.23. The zero-order valence-corrected chi connectivity index (χ0v) is 11.8. The zero-order chi connectivity index (χ0) is 12.0. The highest BCUT2D eigenvalue weighted by Crippen LogP contribution is 2.25. The summed E-state index contributed by atoms with van der Waals surface area (Å²) in [6.07, 6.45) is 2.61. The summed E-state index contributed by atoms with van der Waals surface area (Å²) >= 11 is 1.86. The van der Waals surface area contributed by atoms with Crippen molar-refractivity contribution in [3.05, 3.63) is 22.4 Å². The van der Waals surface area contributed by atoms with Crippen LogP contribution in [-0.2, 0) is 0 Å². The van der Waals surface area contributed by atoms with Gasteiger partial charge >= 0.3 is 0 Å². The lowest BCUT2D eigenvalue weighted by atomic mass is 10.0. The third-order valence-electron chi connectivity index (χ3n) is 2.84. The minimum Gasteiger partial charge on any atom is -0.309 e. The lowest BCUT2D eigenvalue weighted by Gasteiger charge is -2.21. The van der Waals surface area contributed by atoms with E-state index in [2.05, 4.69) is 50.5 Å². The molecule has 0 aromatic carbocycles. The minimum atomic E-state index is 0.534. The molecule has 0 amide bonds. The van der Waals surface area contributed by atoms with Crippen LogP contribution in [0.25, 0.3) is 0 Å². The highest BCUT2D eigenvalue weighted by molar-refractivity contribution is 7.10. The number of nitrogens with one attached hydrogen (secondary N) is 1. The Morgan fingerprint density at radius 1 is 1.25 bits per heavy atom. The predicted octanol–water partition coefficient (Wildman–Crippen LogP) is 4.47. The van der Waals surface area contributed by atoms with Gasteiger partial charge in [-0.3, -0.25) is 0 Å². The lowest BCUT2D eigenvalue weighted by molar-refractivity contribution is 0.404. The largest absolute Gasteiger partial charge is 0.309 e. The van der Waals surface area contributed by atoms with Gasteiger partial charge in [0.15, 0.2) is 0 Å². The normalized spacial score (nSPS) is 13.6. The van der Waals surface area contributed by atoms with E-state index < -0.39 is 0 Å². The Balaban J connectivity index is 2.35. The van der Waals surface area contributed by atoms with Crippen LogP contribution in [0.2, 0.25) is 0 Å². The number of thiophene rings is 1. The van der Waals surface area contributed by atoms with E-state index in [1.807, 2.05) is 11.3 Å². The molecule has 0 spiro atoms. The second-order valence-corrected chi connectivity index (χ2v) is 6.21. The van der Waals surface area contributed by atoms with Crippen LogP contribution >= 0.6 is 11.3 Å². The molecule has 1 rings (SSSR count). The Bertz CT molecular complexity index is 264. The first-order valence-electron chi connectivity index (χ1n) is 6.38. The maximum Gasteiger partial charge on any atom is 0.0438 e. The lowest BCUT2D eigenvalue weighted by Crippen LogP contribution is -2.26. The van der Waals surface area contributed by atoms with Crippen LogP contribution < -0.4 is 5.32 Å². The highest BCUT2D eigenvalue weighted by atomic mass is 32.1. The van der Waals surface area contributed by atoms with E-state index in [1.54, 1.807) is 0 Å². The first-order chi connectivity index (χ1) is 7.61. The molecular formula is C14H25NS. The van der Waals surface area contributed by atoms with Gasteiger partial charge in [0.1, 0.15) is 0 Å². The van der Waals surface area contributed by atoms with Crippen molar-refractivity contribution >= 4 is 11.3 Å². The first-order valence-corrected chi connectivity index (χ1v) is 7.26. The average Bonchev–Trinajstić information content (AvgIpc) is 2.69. The summed E-state index contributed by atoms with van der Waals surface area (Å²) in [5.41, 5.74) is 0. The van der Waals surface area contributed by atoms with Crippen LogP contribution in [-0.4, -0.2) is 6.54 Å². The van der Waals surface area contributed by atoms with Crippen LogP contribution in [0.5, 0.6) is 0 Å². The van der Waals surface area contributed by atoms with Gasteiger partial charge in [0.25, 0.3) is 0 Å².